The first kappa shape index (κ1) is 20.5. The molecule has 4 aromatic rings. The van der Waals surface area contributed by atoms with E-state index in [4.69, 9.17) is 4.74 Å². The van der Waals surface area contributed by atoms with Gasteiger partial charge in [-0.05, 0) is 50.2 Å². The minimum Gasteiger partial charge on any atom is -0.506 e. The van der Waals surface area contributed by atoms with Crippen molar-refractivity contribution in [2.24, 2.45) is 0 Å². The standard InChI is InChI=1S/C22H20N4O4S/c1-3-26-16-8-6-5-7-15(16)18(27)17(21(26)29)19(28)23-22-25-24-20(31-22)13-9-11-14(12-10-13)30-4-2/h5-12,27H,3-4H2,1-2H3,(H,23,25,28). The van der Waals surface area contributed by atoms with Crippen molar-refractivity contribution >= 4 is 33.3 Å². The number of benzene rings is 2. The molecule has 0 unspecified atom stereocenters. The van der Waals surface area contributed by atoms with Crippen LogP contribution >= 0.6 is 11.3 Å². The Morgan fingerprint density at radius 3 is 2.58 bits per heavy atom. The van der Waals surface area contributed by atoms with Crippen LogP contribution in [0.1, 0.15) is 24.2 Å². The van der Waals surface area contributed by atoms with E-state index in [1.54, 1.807) is 31.2 Å². The number of fused-ring (bicyclic) bond motifs is 1. The zero-order valence-electron chi connectivity index (χ0n) is 17.0. The molecule has 0 fully saturated rings. The Bertz CT molecular complexity index is 1310. The lowest BCUT2D eigenvalue weighted by molar-refractivity contribution is 0.102. The average Bonchev–Trinajstić information content (AvgIpc) is 3.23. The summed E-state index contributed by atoms with van der Waals surface area (Å²) >= 11 is 1.17. The first-order valence-electron chi connectivity index (χ1n) is 9.76. The highest BCUT2D eigenvalue weighted by molar-refractivity contribution is 7.18. The van der Waals surface area contributed by atoms with Gasteiger partial charge in [0.25, 0.3) is 11.5 Å². The quantitative estimate of drug-likeness (QED) is 0.475. The van der Waals surface area contributed by atoms with Gasteiger partial charge in [0.05, 0.1) is 12.1 Å². The molecule has 0 aliphatic heterocycles. The molecule has 2 aromatic carbocycles. The van der Waals surface area contributed by atoms with Crippen LogP contribution in [0.15, 0.2) is 53.3 Å². The molecule has 0 spiro atoms. The molecular formula is C22H20N4O4S. The first-order valence-corrected chi connectivity index (χ1v) is 10.6. The summed E-state index contributed by atoms with van der Waals surface area (Å²) in [6.45, 7) is 4.66. The summed E-state index contributed by atoms with van der Waals surface area (Å²) in [6.07, 6.45) is 0. The lowest BCUT2D eigenvalue weighted by Crippen LogP contribution is -2.29. The SMILES string of the molecule is CCOc1ccc(-c2nnc(NC(=O)c3c(O)c4ccccc4n(CC)c3=O)s2)cc1. The molecule has 31 heavy (non-hydrogen) atoms. The topological polar surface area (TPSA) is 106 Å². The van der Waals surface area contributed by atoms with Gasteiger partial charge in [0.15, 0.2) is 0 Å². The van der Waals surface area contributed by atoms with Gasteiger partial charge in [0, 0.05) is 17.5 Å². The molecular weight excluding hydrogens is 416 g/mol. The highest BCUT2D eigenvalue weighted by Gasteiger charge is 2.23. The Hall–Kier alpha value is -3.72. The van der Waals surface area contributed by atoms with Crippen LogP contribution in [0.2, 0.25) is 0 Å². The maximum absolute atomic E-state index is 12.9. The van der Waals surface area contributed by atoms with Crippen LogP contribution in [-0.4, -0.2) is 32.4 Å². The van der Waals surface area contributed by atoms with Crippen LogP contribution in [0.25, 0.3) is 21.5 Å². The van der Waals surface area contributed by atoms with Crippen LogP contribution < -0.4 is 15.6 Å². The Morgan fingerprint density at radius 2 is 1.87 bits per heavy atom. The van der Waals surface area contributed by atoms with Crippen molar-refractivity contribution in [3.05, 3.63) is 64.4 Å². The summed E-state index contributed by atoms with van der Waals surface area (Å²) in [5, 5.41) is 22.6. The predicted molar refractivity (Wildman–Crippen MR) is 120 cm³/mol. The number of anilines is 1. The number of aromatic hydroxyl groups is 1. The minimum atomic E-state index is -0.732. The lowest BCUT2D eigenvalue weighted by atomic mass is 10.1. The third kappa shape index (κ3) is 3.87. The summed E-state index contributed by atoms with van der Waals surface area (Å²) in [4.78, 5) is 25.7. The highest BCUT2D eigenvalue weighted by Crippen LogP contribution is 2.30. The number of aromatic nitrogens is 3. The van der Waals surface area contributed by atoms with Crippen molar-refractivity contribution in [2.75, 3.05) is 11.9 Å². The monoisotopic (exact) mass is 436 g/mol. The van der Waals surface area contributed by atoms with Crippen LogP contribution in [0.3, 0.4) is 0 Å². The maximum Gasteiger partial charge on any atom is 0.267 e. The number of para-hydroxylation sites is 1. The molecule has 1 amide bonds. The molecule has 4 rings (SSSR count). The number of carbonyl (C=O) groups excluding carboxylic acids is 1. The number of pyridine rings is 1. The summed E-state index contributed by atoms with van der Waals surface area (Å²) in [6, 6.07) is 14.3. The minimum absolute atomic E-state index is 0.226. The molecule has 8 nitrogen and oxygen atoms in total. The van der Waals surface area contributed by atoms with Crippen LogP contribution in [0.4, 0.5) is 5.13 Å². The summed E-state index contributed by atoms with van der Waals surface area (Å²) in [5.41, 5.74) is 0.506. The number of ether oxygens (including phenoxy) is 1. The van der Waals surface area contributed by atoms with Gasteiger partial charge in [-0.25, -0.2) is 0 Å². The summed E-state index contributed by atoms with van der Waals surface area (Å²) < 4.78 is 6.88. The second-order valence-electron chi connectivity index (χ2n) is 6.61. The number of nitrogens with zero attached hydrogens (tertiary/aromatic N) is 3. The maximum atomic E-state index is 12.9. The van der Waals surface area contributed by atoms with Gasteiger partial charge >= 0.3 is 0 Å². The number of hydrogen-bond donors (Lipinski definition) is 2. The number of amides is 1. The molecule has 158 valence electrons. The molecule has 0 saturated heterocycles. The third-order valence-corrected chi connectivity index (χ3v) is 5.63. The fourth-order valence-electron chi connectivity index (χ4n) is 3.32. The fraction of sp³-hybridized carbons (Fsp3) is 0.182. The zero-order chi connectivity index (χ0) is 22.0. The molecule has 0 aliphatic carbocycles. The second-order valence-corrected chi connectivity index (χ2v) is 7.59. The first-order chi connectivity index (χ1) is 15.0. The van der Waals surface area contributed by atoms with Crippen molar-refractivity contribution in [1.29, 1.82) is 0 Å². The number of aryl methyl sites for hydroxylation is 1. The average molecular weight is 436 g/mol. The van der Waals surface area contributed by atoms with Crippen LogP contribution in [-0.2, 0) is 6.54 Å². The molecule has 0 radical (unpaired) electrons. The normalized spacial score (nSPS) is 10.9. The van der Waals surface area contributed by atoms with Gasteiger partial charge in [0.2, 0.25) is 5.13 Å². The molecule has 0 bridgehead atoms. The van der Waals surface area contributed by atoms with E-state index in [9.17, 15) is 14.7 Å². The van der Waals surface area contributed by atoms with E-state index in [2.05, 4.69) is 15.5 Å². The van der Waals surface area contributed by atoms with Crippen molar-refractivity contribution in [3.63, 3.8) is 0 Å². The second kappa shape index (κ2) is 8.57. The van der Waals surface area contributed by atoms with Gasteiger partial charge in [0.1, 0.15) is 22.1 Å². The van der Waals surface area contributed by atoms with Gasteiger partial charge in [-0.3, -0.25) is 14.9 Å². The summed E-state index contributed by atoms with van der Waals surface area (Å²) in [5.74, 6) is -0.327. The third-order valence-electron chi connectivity index (χ3n) is 4.75. The van der Waals surface area contributed by atoms with Gasteiger partial charge < -0.3 is 14.4 Å². The van der Waals surface area contributed by atoms with E-state index in [0.29, 0.717) is 29.1 Å². The van der Waals surface area contributed by atoms with E-state index < -0.39 is 11.5 Å². The molecule has 2 heterocycles. The molecule has 9 heteroatoms. The van der Waals surface area contributed by atoms with Crippen LogP contribution in [0, 0.1) is 0 Å². The largest absolute Gasteiger partial charge is 0.506 e. The van der Waals surface area contributed by atoms with E-state index in [-0.39, 0.29) is 16.4 Å². The number of hydrogen-bond acceptors (Lipinski definition) is 7. The van der Waals surface area contributed by atoms with E-state index in [0.717, 1.165) is 11.3 Å². The fourth-order valence-corrected chi connectivity index (χ4v) is 4.06. The zero-order valence-corrected chi connectivity index (χ0v) is 17.8. The Morgan fingerprint density at radius 1 is 1.13 bits per heavy atom. The lowest BCUT2D eigenvalue weighted by Gasteiger charge is -2.12. The Balaban J connectivity index is 1.64. The van der Waals surface area contributed by atoms with Gasteiger partial charge in [-0.1, -0.05) is 23.5 Å². The Labute approximate surface area is 181 Å². The van der Waals surface area contributed by atoms with E-state index in [1.807, 2.05) is 31.2 Å². The summed E-state index contributed by atoms with van der Waals surface area (Å²) in [7, 11) is 0. The predicted octanol–water partition coefficient (Wildman–Crippen LogP) is 3.90. The van der Waals surface area contributed by atoms with Crippen molar-refractivity contribution in [2.45, 2.75) is 20.4 Å². The van der Waals surface area contributed by atoms with Crippen molar-refractivity contribution in [3.8, 4) is 22.1 Å². The Kier molecular flexibility index (Phi) is 5.68. The molecule has 2 aromatic heterocycles. The molecule has 0 saturated carbocycles. The van der Waals surface area contributed by atoms with Gasteiger partial charge in [-0.15, -0.1) is 10.2 Å². The molecule has 2 N–H and O–H groups in total. The van der Waals surface area contributed by atoms with Crippen molar-refractivity contribution in [1.82, 2.24) is 14.8 Å². The van der Waals surface area contributed by atoms with E-state index >= 15 is 0 Å². The smallest absolute Gasteiger partial charge is 0.267 e. The highest BCUT2D eigenvalue weighted by atomic mass is 32.1. The number of carbonyl (C=O) groups is 1. The molecule has 0 aliphatic rings. The number of rotatable bonds is 6. The van der Waals surface area contributed by atoms with E-state index in [1.165, 1.54) is 15.9 Å². The van der Waals surface area contributed by atoms with Gasteiger partial charge in [-0.2, -0.15) is 0 Å². The molecule has 0 atom stereocenters. The number of nitrogens with one attached hydrogen (secondary N) is 1. The van der Waals surface area contributed by atoms with Crippen LogP contribution in [0.5, 0.6) is 11.5 Å². The van der Waals surface area contributed by atoms with Crippen molar-refractivity contribution < 1.29 is 14.6 Å².